The SMILES string of the molecule is CC(C)C(C)(Cc1nc2ccc(F)cc2o1)C(=O)O. The first-order valence-corrected chi connectivity index (χ1v) is 6.11. The number of aromatic nitrogens is 1. The molecule has 0 radical (unpaired) electrons. The van der Waals surface area contributed by atoms with Crippen molar-refractivity contribution in [1.82, 2.24) is 4.98 Å². The van der Waals surface area contributed by atoms with Gasteiger partial charge in [0.25, 0.3) is 0 Å². The van der Waals surface area contributed by atoms with E-state index in [1.165, 1.54) is 18.2 Å². The Kier molecular flexibility index (Phi) is 3.30. The number of oxazole rings is 1. The van der Waals surface area contributed by atoms with Crippen LogP contribution in [0.25, 0.3) is 11.1 Å². The molecule has 0 aliphatic heterocycles. The molecule has 1 aromatic heterocycles. The second kappa shape index (κ2) is 4.64. The minimum absolute atomic E-state index is 0.0725. The Morgan fingerprint density at radius 2 is 2.21 bits per heavy atom. The van der Waals surface area contributed by atoms with Gasteiger partial charge in [0, 0.05) is 12.5 Å². The Hall–Kier alpha value is -1.91. The number of halogens is 1. The van der Waals surface area contributed by atoms with E-state index in [1.54, 1.807) is 6.92 Å². The smallest absolute Gasteiger partial charge is 0.310 e. The third-order valence-electron chi connectivity index (χ3n) is 3.68. The number of rotatable bonds is 4. The van der Waals surface area contributed by atoms with Gasteiger partial charge in [0.05, 0.1) is 5.41 Å². The van der Waals surface area contributed by atoms with Crippen LogP contribution >= 0.6 is 0 Å². The Bertz CT molecular complexity index is 620. The highest BCUT2D eigenvalue weighted by atomic mass is 19.1. The summed E-state index contributed by atoms with van der Waals surface area (Å²) >= 11 is 0. The Morgan fingerprint density at radius 1 is 1.53 bits per heavy atom. The van der Waals surface area contributed by atoms with Crippen LogP contribution in [0.4, 0.5) is 4.39 Å². The standard InChI is InChI=1S/C14H16FNO3/c1-8(2)14(3,13(17)18)7-12-16-10-5-4-9(15)6-11(10)19-12/h4-6,8H,7H2,1-3H3,(H,17,18). The lowest BCUT2D eigenvalue weighted by molar-refractivity contribution is -0.150. The predicted octanol–water partition coefficient (Wildman–Crippen LogP) is 3.26. The highest BCUT2D eigenvalue weighted by Gasteiger charge is 2.38. The van der Waals surface area contributed by atoms with E-state index in [4.69, 9.17) is 4.42 Å². The molecular formula is C14H16FNO3. The first-order valence-electron chi connectivity index (χ1n) is 6.11. The second-order valence-corrected chi connectivity index (χ2v) is 5.27. The molecule has 0 aliphatic rings. The third-order valence-corrected chi connectivity index (χ3v) is 3.68. The van der Waals surface area contributed by atoms with Crippen molar-refractivity contribution < 1.29 is 18.7 Å². The molecule has 2 aromatic rings. The third kappa shape index (κ3) is 2.45. The number of carboxylic acids is 1. The van der Waals surface area contributed by atoms with Crippen molar-refractivity contribution in [2.24, 2.45) is 11.3 Å². The number of hydrogen-bond acceptors (Lipinski definition) is 3. The van der Waals surface area contributed by atoms with Crippen LogP contribution in [-0.4, -0.2) is 16.1 Å². The van der Waals surface area contributed by atoms with Gasteiger partial charge in [-0.2, -0.15) is 0 Å². The van der Waals surface area contributed by atoms with Crippen molar-refractivity contribution in [1.29, 1.82) is 0 Å². The van der Waals surface area contributed by atoms with E-state index in [2.05, 4.69) is 4.98 Å². The van der Waals surface area contributed by atoms with Crippen LogP contribution in [0.15, 0.2) is 22.6 Å². The van der Waals surface area contributed by atoms with Gasteiger partial charge in [0.1, 0.15) is 11.3 Å². The fraction of sp³-hybridized carbons (Fsp3) is 0.429. The van der Waals surface area contributed by atoms with E-state index in [0.29, 0.717) is 17.0 Å². The van der Waals surface area contributed by atoms with Gasteiger partial charge >= 0.3 is 5.97 Å². The van der Waals surface area contributed by atoms with Crippen LogP contribution in [0.3, 0.4) is 0 Å². The largest absolute Gasteiger partial charge is 0.481 e. The summed E-state index contributed by atoms with van der Waals surface area (Å²) in [5.41, 5.74) is -0.0845. The van der Waals surface area contributed by atoms with Crippen LogP contribution in [0.2, 0.25) is 0 Å². The number of carboxylic acid groups (broad SMARTS) is 1. The summed E-state index contributed by atoms with van der Waals surface area (Å²) in [5.74, 6) is -1.05. The molecule has 1 aromatic carbocycles. The van der Waals surface area contributed by atoms with Crippen LogP contribution < -0.4 is 0 Å². The van der Waals surface area contributed by atoms with Gasteiger partial charge < -0.3 is 9.52 Å². The molecule has 0 spiro atoms. The predicted molar refractivity (Wildman–Crippen MR) is 68.3 cm³/mol. The molecule has 0 aliphatic carbocycles. The second-order valence-electron chi connectivity index (χ2n) is 5.27. The molecule has 4 nitrogen and oxygen atoms in total. The van der Waals surface area contributed by atoms with Gasteiger partial charge in [-0.25, -0.2) is 9.37 Å². The van der Waals surface area contributed by atoms with Crippen molar-refractivity contribution in [3.63, 3.8) is 0 Å². The molecule has 0 saturated carbocycles. The van der Waals surface area contributed by atoms with Crippen molar-refractivity contribution in [2.45, 2.75) is 27.2 Å². The quantitative estimate of drug-likeness (QED) is 0.921. The monoisotopic (exact) mass is 265 g/mol. The summed E-state index contributed by atoms with van der Waals surface area (Å²) in [4.78, 5) is 15.6. The highest BCUT2D eigenvalue weighted by molar-refractivity contribution is 5.75. The van der Waals surface area contributed by atoms with Crippen molar-refractivity contribution in [3.8, 4) is 0 Å². The van der Waals surface area contributed by atoms with Crippen molar-refractivity contribution >= 4 is 17.1 Å². The zero-order chi connectivity index (χ0) is 14.2. The molecule has 0 saturated heterocycles. The van der Waals surface area contributed by atoms with Crippen LogP contribution in [0, 0.1) is 17.2 Å². The average Bonchev–Trinajstić information content (AvgIpc) is 2.69. The van der Waals surface area contributed by atoms with Gasteiger partial charge in [-0.05, 0) is 25.0 Å². The molecule has 5 heteroatoms. The van der Waals surface area contributed by atoms with Gasteiger partial charge in [0.2, 0.25) is 0 Å². The zero-order valence-corrected chi connectivity index (χ0v) is 11.1. The van der Waals surface area contributed by atoms with Gasteiger partial charge in [0.15, 0.2) is 11.5 Å². The number of fused-ring (bicyclic) bond motifs is 1. The van der Waals surface area contributed by atoms with Crippen LogP contribution in [0.1, 0.15) is 26.7 Å². The average molecular weight is 265 g/mol. The van der Waals surface area contributed by atoms with Gasteiger partial charge in [-0.1, -0.05) is 13.8 Å². The Balaban J connectivity index is 2.37. The maximum atomic E-state index is 13.1. The van der Waals surface area contributed by atoms with Gasteiger partial charge in [-0.15, -0.1) is 0 Å². The first kappa shape index (κ1) is 13.5. The summed E-state index contributed by atoms with van der Waals surface area (Å²) in [5, 5.41) is 9.35. The molecule has 0 bridgehead atoms. The maximum Gasteiger partial charge on any atom is 0.310 e. The van der Waals surface area contributed by atoms with Crippen molar-refractivity contribution in [2.75, 3.05) is 0 Å². The summed E-state index contributed by atoms with van der Waals surface area (Å²) in [7, 11) is 0. The molecule has 1 N–H and O–H groups in total. The zero-order valence-electron chi connectivity index (χ0n) is 11.1. The minimum Gasteiger partial charge on any atom is -0.481 e. The van der Waals surface area contributed by atoms with E-state index < -0.39 is 17.2 Å². The van der Waals surface area contributed by atoms with E-state index in [0.717, 1.165) is 0 Å². The van der Waals surface area contributed by atoms with E-state index in [-0.39, 0.29) is 12.3 Å². The molecule has 102 valence electrons. The number of carbonyl (C=O) groups is 1. The Labute approximate surface area is 110 Å². The number of nitrogens with zero attached hydrogens (tertiary/aromatic N) is 1. The number of hydrogen-bond donors (Lipinski definition) is 1. The van der Waals surface area contributed by atoms with Crippen LogP contribution in [-0.2, 0) is 11.2 Å². The topological polar surface area (TPSA) is 63.3 Å². The fourth-order valence-electron chi connectivity index (χ4n) is 1.86. The summed E-state index contributed by atoms with van der Waals surface area (Å²) in [6, 6.07) is 4.07. The Morgan fingerprint density at radius 3 is 2.79 bits per heavy atom. The highest BCUT2D eigenvalue weighted by Crippen LogP contribution is 2.32. The number of aliphatic carboxylic acids is 1. The van der Waals surface area contributed by atoms with Crippen molar-refractivity contribution in [3.05, 3.63) is 29.9 Å². The molecule has 1 heterocycles. The van der Waals surface area contributed by atoms with Crippen LogP contribution in [0.5, 0.6) is 0 Å². The van der Waals surface area contributed by atoms with E-state index in [9.17, 15) is 14.3 Å². The summed E-state index contributed by atoms with van der Waals surface area (Å²) < 4.78 is 18.5. The molecule has 0 amide bonds. The summed E-state index contributed by atoms with van der Waals surface area (Å²) in [6.45, 7) is 5.35. The van der Waals surface area contributed by atoms with E-state index >= 15 is 0 Å². The molecule has 1 atom stereocenters. The normalized spacial score (nSPS) is 14.8. The molecule has 0 fully saturated rings. The number of benzene rings is 1. The minimum atomic E-state index is -0.959. The lowest BCUT2D eigenvalue weighted by Gasteiger charge is -2.27. The molecule has 19 heavy (non-hydrogen) atoms. The first-order chi connectivity index (χ1) is 8.83. The lowest BCUT2D eigenvalue weighted by atomic mass is 9.76. The lowest BCUT2D eigenvalue weighted by Crippen LogP contribution is -2.35. The fourth-order valence-corrected chi connectivity index (χ4v) is 1.86. The maximum absolute atomic E-state index is 13.1. The van der Waals surface area contributed by atoms with Gasteiger partial charge in [-0.3, -0.25) is 4.79 Å². The summed E-state index contributed by atoms with van der Waals surface area (Å²) in [6.07, 6.45) is 0.177. The molecule has 2 rings (SSSR count). The molecule has 1 unspecified atom stereocenters. The van der Waals surface area contributed by atoms with E-state index in [1.807, 2.05) is 13.8 Å². The molecular weight excluding hydrogens is 249 g/mol.